The number of carbonyl (C=O) groups excluding carboxylic acids is 1. The van der Waals surface area contributed by atoms with Crippen LogP contribution in [-0.2, 0) is 0 Å². The average Bonchev–Trinajstić information content (AvgIpc) is 3.00. The third-order valence-electron chi connectivity index (χ3n) is 4.20. The van der Waals surface area contributed by atoms with E-state index in [4.69, 9.17) is 4.42 Å². The molecule has 2 aromatic heterocycles. The molecule has 0 amide bonds. The second-order valence-electron chi connectivity index (χ2n) is 6.27. The third-order valence-corrected chi connectivity index (χ3v) is 4.20. The Labute approximate surface area is 159 Å². The van der Waals surface area contributed by atoms with Gasteiger partial charge >= 0.3 is 5.76 Å². The molecule has 0 fully saturated rings. The van der Waals surface area contributed by atoms with E-state index in [9.17, 15) is 9.59 Å². The number of nitrogens with zero attached hydrogens (tertiary/aromatic N) is 3. The molecule has 140 valence electrons. The molecule has 8 heteroatoms. The van der Waals surface area contributed by atoms with Gasteiger partial charge in [-0.1, -0.05) is 24.3 Å². The number of rotatable bonds is 5. The minimum Gasteiger partial charge on any atom is -0.406 e. The van der Waals surface area contributed by atoms with Crippen LogP contribution in [0.1, 0.15) is 22.8 Å². The van der Waals surface area contributed by atoms with Crippen molar-refractivity contribution in [1.29, 1.82) is 0 Å². The van der Waals surface area contributed by atoms with E-state index >= 15 is 0 Å². The average molecular weight is 375 g/mol. The van der Waals surface area contributed by atoms with Crippen molar-refractivity contribution >= 4 is 34.3 Å². The number of hydrogen-bond acceptors (Lipinski definition) is 7. The maximum absolute atomic E-state index is 12.2. The van der Waals surface area contributed by atoms with Crippen molar-refractivity contribution < 1.29 is 9.21 Å². The van der Waals surface area contributed by atoms with Crippen LogP contribution in [0.15, 0.2) is 63.9 Å². The van der Waals surface area contributed by atoms with Gasteiger partial charge in [0.25, 0.3) is 0 Å². The molecule has 4 rings (SSSR count). The van der Waals surface area contributed by atoms with Gasteiger partial charge in [-0.25, -0.2) is 9.78 Å². The molecule has 0 spiro atoms. The summed E-state index contributed by atoms with van der Waals surface area (Å²) in [6, 6.07) is 14.2. The van der Waals surface area contributed by atoms with Crippen LogP contribution in [0.3, 0.4) is 0 Å². The summed E-state index contributed by atoms with van der Waals surface area (Å²) in [5, 5.41) is 3.07. The van der Waals surface area contributed by atoms with Crippen molar-refractivity contribution in [1.82, 2.24) is 14.6 Å². The molecule has 0 bridgehead atoms. The number of para-hydroxylation sites is 2. The third kappa shape index (κ3) is 3.35. The van der Waals surface area contributed by atoms with E-state index in [-0.39, 0.29) is 5.78 Å². The van der Waals surface area contributed by atoms with Gasteiger partial charge in [-0.15, -0.1) is 0 Å². The highest BCUT2D eigenvalue weighted by molar-refractivity contribution is 5.95. The van der Waals surface area contributed by atoms with Crippen LogP contribution < -0.4 is 16.5 Å². The summed E-state index contributed by atoms with van der Waals surface area (Å²) in [6.07, 6.45) is 1.64. The van der Waals surface area contributed by atoms with E-state index in [0.717, 1.165) is 5.56 Å². The maximum atomic E-state index is 12.2. The second-order valence-corrected chi connectivity index (χ2v) is 6.27. The van der Waals surface area contributed by atoms with Crippen LogP contribution in [0.5, 0.6) is 0 Å². The molecule has 2 N–H and O–H groups in total. The van der Waals surface area contributed by atoms with Crippen LogP contribution in [0.2, 0.25) is 0 Å². The molecular weight excluding hydrogens is 358 g/mol. The lowest BCUT2D eigenvalue weighted by atomic mass is 10.1. The molecule has 8 nitrogen and oxygen atoms in total. The Bertz CT molecular complexity index is 1240. The summed E-state index contributed by atoms with van der Waals surface area (Å²) in [5.74, 6) is 0.216. The standard InChI is InChI=1S/C20H17N5O3/c1-12-11-21-19(22-15-7-5-6-14(10-15)13(2)26)23-18(12)24-25-16-8-3-4-9-17(16)28-20(25)27/h3-11H,1-2H3,(H2,21,22,23,24). The fourth-order valence-corrected chi connectivity index (χ4v) is 2.74. The molecule has 0 saturated heterocycles. The van der Waals surface area contributed by atoms with Gasteiger partial charge in [-0.3, -0.25) is 10.2 Å². The molecule has 0 unspecified atom stereocenters. The van der Waals surface area contributed by atoms with Gasteiger partial charge in [0.15, 0.2) is 17.2 Å². The summed E-state index contributed by atoms with van der Waals surface area (Å²) in [6.45, 7) is 3.34. The fraction of sp³-hybridized carbons (Fsp3) is 0.100. The van der Waals surface area contributed by atoms with Crippen LogP contribution in [0.25, 0.3) is 11.1 Å². The number of fused-ring (bicyclic) bond motifs is 1. The van der Waals surface area contributed by atoms with Gasteiger partial charge < -0.3 is 9.73 Å². The van der Waals surface area contributed by atoms with Crippen molar-refractivity contribution in [2.45, 2.75) is 13.8 Å². The molecule has 28 heavy (non-hydrogen) atoms. The van der Waals surface area contributed by atoms with Gasteiger partial charge in [-0.05, 0) is 38.1 Å². The number of hydrogen-bond donors (Lipinski definition) is 2. The van der Waals surface area contributed by atoms with Gasteiger partial charge in [0.2, 0.25) is 5.95 Å². The number of carbonyl (C=O) groups is 1. The lowest BCUT2D eigenvalue weighted by molar-refractivity contribution is 0.101. The molecule has 2 aromatic carbocycles. The molecule has 4 aromatic rings. The summed E-state index contributed by atoms with van der Waals surface area (Å²) >= 11 is 0. The zero-order valence-corrected chi connectivity index (χ0v) is 15.3. The van der Waals surface area contributed by atoms with E-state index in [1.54, 1.807) is 42.6 Å². The van der Waals surface area contributed by atoms with Crippen molar-refractivity contribution in [3.63, 3.8) is 0 Å². The quantitative estimate of drug-likeness (QED) is 0.515. The smallest absolute Gasteiger partial charge is 0.406 e. The van der Waals surface area contributed by atoms with Gasteiger partial charge in [0.1, 0.15) is 5.52 Å². The number of aromatic nitrogens is 3. The van der Waals surface area contributed by atoms with Crippen molar-refractivity contribution in [3.8, 4) is 0 Å². The van der Waals surface area contributed by atoms with Gasteiger partial charge in [-0.2, -0.15) is 9.66 Å². The minimum absolute atomic E-state index is 0.0259. The highest BCUT2D eigenvalue weighted by Crippen LogP contribution is 2.19. The Morgan fingerprint density at radius 2 is 1.96 bits per heavy atom. The molecule has 0 atom stereocenters. The van der Waals surface area contributed by atoms with E-state index in [2.05, 4.69) is 20.7 Å². The first-order valence-electron chi connectivity index (χ1n) is 8.60. The lowest BCUT2D eigenvalue weighted by Crippen LogP contribution is -2.23. The Balaban J connectivity index is 1.66. The highest BCUT2D eigenvalue weighted by atomic mass is 16.4. The zero-order chi connectivity index (χ0) is 19.7. The first kappa shape index (κ1) is 17.5. The number of Topliss-reactive ketones (excluding diaryl/α,β-unsaturated/α-hetero) is 1. The number of anilines is 3. The fourth-order valence-electron chi connectivity index (χ4n) is 2.74. The SMILES string of the molecule is CC(=O)c1cccc(Nc2ncc(C)c(Nn3c(=O)oc4ccccc43)n2)c1. The van der Waals surface area contributed by atoms with E-state index < -0.39 is 5.76 Å². The maximum Gasteiger partial charge on any atom is 0.439 e. The van der Waals surface area contributed by atoms with Crippen molar-refractivity contribution in [2.75, 3.05) is 10.7 Å². The summed E-state index contributed by atoms with van der Waals surface area (Å²) < 4.78 is 6.52. The first-order chi connectivity index (χ1) is 13.5. The summed E-state index contributed by atoms with van der Waals surface area (Å²) in [7, 11) is 0. The van der Waals surface area contributed by atoms with E-state index in [0.29, 0.717) is 34.1 Å². The minimum atomic E-state index is -0.539. The van der Waals surface area contributed by atoms with Gasteiger partial charge in [0, 0.05) is 23.0 Å². The van der Waals surface area contributed by atoms with E-state index in [1.807, 2.05) is 19.1 Å². The predicted octanol–water partition coefficient (Wildman–Crippen LogP) is 3.51. The first-order valence-corrected chi connectivity index (χ1v) is 8.60. The topological polar surface area (TPSA) is 102 Å². The number of ketones is 1. The second kappa shape index (κ2) is 6.99. The number of aryl methyl sites for hydroxylation is 1. The molecule has 2 heterocycles. The summed E-state index contributed by atoms with van der Waals surface area (Å²) in [4.78, 5) is 32.4. The highest BCUT2D eigenvalue weighted by Gasteiger charge is 2.12. The van der Waals surface area contributed by atoms with Crippen LogP contribution in [0, 0.1) is 6.92 Å². The number of oxazole rings is 1. The molecular formula is C20H17N5O3. The number of nitrogens with one attached hydrogen (secondary N) is 2. The molecule has 0 radical (unpaired) electrons. The van der Waals surface area contributed by atoms with Crippen LogP contribution in [0.4, 0.5) is 17.5 Å². The Hall–Kier alpha value is -3.94. The Morgan fingerprint density at radius 1 is 1.14 bits per heavy atom. The molecule has 0 aliphatic heterocycles. The Morgan fingerprint density at radius 3 is 2.79 bits per heavy atom. The predicted molar refractivity (Wildman–Crippen MR) is 106 cm³/mol. The van der Waals surface area contributed by atoms with Crippen LogP contribution in [-0.4, -0.2) is 20.4 Å². The largest absolute Gasteiger partial charge is 0.439 e. The van der Waals surface area contributed by atoms with E-state index in [1.165, 1.54) is 11.6 Å². The normalized spacial score (nSPS) is 10.8. The molecule has 0 aliphatic rings. The van der Waals surface area contributed by atoms with Crippen molar-refractivity contribution in [3.05, 3.63) is 76.4 Å². The van der Waals surface area contributed by atoms with Crippen molar-refractivity contribution in [2.24, 2.45) is 0 Å². The zero-order valence-electron chi connectivity index (χ0n) is 15.3. The number of benzene rings is 2. The monoisotopic (exact) mass is 375 g/mol. The Kier molecular flexibility index (Phi) is 4.36. The van der Waals surface area contributed by atoms with Crippen LogP contribution >= 0.6 is 0 Å². The molecule has 0 saturated carbocycles. The van der Waals surface area contributed by atoms with Gasteiger partial charge in [0.05, 0.1) is 0 Å². The molecule has 0 aliphatic carbocycles. The lowest BCUT2D eigenvalue weighted by Gasteiger charge is -2.11. The summed E-state index contributed by atoms with van der Waals surface area (Å²) in [5.41, 5.74) is 6.10.